The molecule has 0 bridgehead atoms. The van der Waals surface area contributed by atoms with Crippen LogP contribution in [0.3, 0.4) is 0 Å². The van der Waals surface area contributed by atoms with Gasteiger partial charge in [0.2, 0.25) is 0 Å². The number of aromatic nitrogens is 1. The van der Waals surface area contributed by atoms with Gasteiger partial charge in [-0.15, -0.1) is 0 Å². The Kier molecular flexibility index (Phi) is 3.69. The fourth-order valence-electron chi connectivity index (χ4n) is 1.68. The summed E-state index contributed by atoms with van der Waals surface area (Å²) in [6, 6.07) is 12.8. The average Bonchev–Trinajstić information content (AvgIpc) is 2.39. The molecular formula is C14H15N3O. The third-order valence-electron chi connectivity index (χ3n) is 2.61. The fraction of sp³-hybridized carbons (Fsp3) is 0.143. The number of benzene rings is 1. The van der Waals surface area contributed by atoms with Gasteiger partial charge in [-0.1, -0.05) is 24.3 Å². The molecule has 2 aromatic rings. The number of hydrogen-bond donors (Lipinski definition) is 2. The van der Waals surface area contributed by atoms with Crippen molar-refractivity contribution in [1.29, 1.82) is 0 Å². The summed E-state index contributed by atoms with van der Waals surface area (Å²) in [5, 5.41) is 2.82. The van der Waals surface area contributed by atoms with Crippen LogP contribution in [0.2, 0.25) is 0 Å². The van der Waals surface area contributed by atoms with Gasteiger partial charge in [-0.2, -0.15) is 0 Å². The van der Waals surface area contributed by atoms with Crippen molar-refractivity contribution in [2.45, 2.75) is 13.5 Å². The maximum absolute atomic E-state index is 12.0. The van der Waals surface area contributed by atoms with Crippen molar-refractivity contribution in [1.82, 2.24) is 4.98 Å². The molecule has 3 N–H and O–H groups in total. The number of anilines is 1. The number of carbonyl (C=O) groups excluding carboxylic acids is 1. The highest BCUT2D eigenvalue weighted by Gasteiger charge is 2.09. The SMILES string of the molecule is Cc1cccc(C(=O)Nc2ccccc2CN)n1. The topological polar surface area (TPSA) is 68.0 Å². The maximum atomic E-state index is 12.0. The number of nitrogens with one attached hydrogen (secondary N) is 1. The van der Waals surface area contributed by atoms with Crippen molar-refractivity contribution in [2.24, 2.45) is 5.73 Å². The first-order valence-corrected chi connectivity index (χ1v) is 5.73. The first kappa shape index (κ1) is 12.3. The van der Waals surface area contributed by atoms with E-state index in [9.17, 15) is 4.79 Å². The molecule has 2 rings (SSSR count). The second kappa shape index (κ2) is 5.42. The van der Waals surface area contributed by atoms with Crippen LogP contribution in [0.25, 0.3) is 0 Å². The van der Waals surface area contributed by atoms with Crippen LogP contribution in [0, 0.1) is 6.92 Å². The van der Waals surface area contributed by atoms with E-state index < -0.39 is 0 Å². The van der Waals surface area contributed by atoms with Crippen molar-refractivity contribution in [2.75, 3.05) is 5.32 Å². The van der Waals surface area contributed by atoms with E-state index >= 15 is 0 Å². The molecule has 0 saturated carbocycles. The molecule has 4 nitrogen and oxygen atoms in total. The molecule has 0 aliphatic heterocycles. The molecule has 0 unspecified atom stereocenters. The predicted molar refractivity (Wildman–Crippen MR) is 71.3 cm³/mol. The number of carbonyl (C=O) groups is 1. The molecule has 0 aliphatic carbocycles. The Labute approximate surface area is 106 Å². The van der Waals surface area contributed by atoms with Crippen molar-refractivity contribution in [3.05, 3.63) is 59.4 Å². The van der Waals surface area contributed by atoms with Gasteiger partial charge in [0, 0.05) is 17.9 Å². The molecule has 0 atom stereocenters. The number of aryl methyl sites for hydroxylation is 1. The molecule has 92 valence electrons. The summed E-state index contributed by atoms with van der Waals surface area (Å²) in [7, 11) is 0. The molecular weight excluding hydrogens is 226 g/mol. The van der Waals surface area contributed by atoms with Gasteiger partial charge < -0.3 is 11.1 Å². The number of nitrogens with two attached hydrogens (primary N) is 1. The van der Waals surface area contributed by atoms with Crippen molar-refractivity contribution >= 4 is 11.6 Å². The van der Waals surface area contributed by atoms with Gasteiger partial charge in [0.05, 0.1) is 0 Å². The van der Waals surface area contributed by atoms with Gasteiger partial charge in [0.15, 0.2) is 0 Å². The van der Waals surface area contributed by atoms with E-state index in [0.29, 0.717) is 12.2 Å². The van der Waals surface area contributed by atoms with Crippen LogP contribution in [-0.4, -0.2) is 10.9 Å². The maximum Gasteiger partial charge on any atom is 0.274 e. The minimum absolute atomic E-state index is 0.223. The van der Waals surface area contributed by atoms with Crippen molar-refractivity contribution in [3.63, 3.8) is 0 Å². The molecule has 0 aliphatic rings. The summed E-state index contributed by atoms with van der Waals surface area (Å²) in [6.45, 7) is 2.24. The highest BCUT2D eigenvalue weighted by Crippen LogP contribution is 2.15. The Hall–Kier alpha value is -2.20. The largest absolute Gasteiger partial charge is 0.326 e. The lowest BCUT2D eigenvalue weighted by atomic mass is 10.1. The molecule has 1 aromatic heterocycles. The van der Waals surface area contributed by atoms with E-state index in [4.69, 9.17) is 5.73 Å². The van der Waals surface area contributed by atoms with E-state index in [1.54, 1.807) is 6.07 Å². The highest BCUT2D eigenvalue weighted by molar-refractivity contribution is 6.03. The summed E-state index contributed by atoms with van der Waals surface area (Å²) in [4.78, 5) is 16.2. The minimum Gasteiger partial charge on any atom is -0.326 e. The second-order valence-electron chi connectivity index (χ2n) is 3.98. The Morgan fingerprint density at radius 3 is 2.72 bits per heavy atom. The van der Waals surface area contributed by atoms with Crippen molar-refractivity contribution in [3.8, 4) is 0 Å². The van der Waals surface area contributed by atoms with Crippen molar-refractivity contribution < 1.29 is 4.79 Å². The van der Waals surface area contributed by atoms with E-state index in [1.165, 1.54) is 0 Å². The highest BCUT2D eigenvalue weighted by atomic mass is 16.1. The molecule has 0 spiro atoms. The van der Waals surface area contributed by atoms with Crippen LogP contribution in [0.5, 0.6) is 0 Å². The Balaban J connectivity index is 2.21. The summed E-state index contributed by atoms with van der Waals surface area (Å²) in [6.07, 6.45) is 0. The third kappa shape index (κ3) is 2.73. The van der Waals surface area contributed by atoms with E-state index in [0.717, 1.165) is 16.9 Å². The summed E-state index contributed by atoms with van der Waals surface area (Å²) < 4.78 is 0. The van der Waals surface area contributed by atoms with Gasteiger partial charge in [-0.25, -0.2) is 4.98 Å². The third-order valence-corrected chi connectivity index (χ3v) is 2.61. The minimum atomic E-state index is -0.223. The van der Waals surface area contributed by atoms with Crippen LogP contribution >= 0.6 is 0 Å². The molecule has 1 heterocycles. The lowest BCUT2D eigenvalue weighted by Crippen LogP contribution is -2.15. The van der Waals surface area contributed by atoms with Crippen LogP contribution in [0.4, 0.5) is 5.69 Å². The molecule has 0 saturated heterocycles. The molecule has 0 fully saturated rings. The molecule has 1 aromatic carbocycles. The zero-order chi connectivity index (χ0) is 13.0. The van der Waals surface area contributed by atoms with E-state index in [-0.39, 0.29) is 5.91 Å². The van der Waals surface area contributed by atoms with E-state index in [2.05, 4.69) is 10.3 Å². The quantitative estimate of drug-likeness (QED) is 0.864. The van der Waals surface area contributed by atoms with Gasteiger partial charge in [0.25, 0.3) is 5.91 Å². The molecule has 1 amide bonds. The second-order valence-corrected chi connectivity index (χ2v) is 3.98. The number of amides is 1. The van der Waals surface area contributed by atoms with Gasteiger partial charge in [0.1, 0.15) is 5.69 Å². The van der Waals surface area contributed by atoms with Gasteiger partial charge in [-0.3, -0.25) is 4.79 Å². The average molecular weight is 241 g/mol. The Bertz CT molecular complexity index is 566. The van der Waals surface area contributed by atoms with Crippen LogP contribution in [-0.2, 0) is 6.54 Å². The first-order valence-electron chi connectivity index (χ1n) is 5.73. The van der Waals surface area contributed by atoms with Gasteiger partial charge >= 0.3 is 0 Å². The Morgan fingerprint density at radius 2 is 2.00 bits per heavy atom. The smallest absolute Gasteiger partial charge is 0.274 e. The fourth-order valence-corrected chi connectivity index (χ4v) is 1.68. The zero-order valence-electron chi connectivity index (χ0n) is 10.2. The standard InChI is InChI=1S/C14H15N3O/c1-10-5-4-8-13(16-10)14(18)17-12-7-3-2-6-11(12)9-15/h2-8H,9,15H2,1H3,(H,17,18). The monoisotopic (exact) mass is 241 g/mol. The molecule has 0 radical (unpaired) electrons. The molecule has 18 heavy (non-hydrogen) atoms. The summed E-state index contributed by atoms with van der Waals surface area (Å²) in [5.74, 6) is -0.223. The number of pyridine rings is 1. The normalized spacial score (nSPS) is 10.1. The summed E-state index contributed by atoms with van der Waals surface area (Å²) >= 11 is 0. The lowest BCUT2D eigenvalue weighted by Gasteiger charge is -2.09. The number of rotatable bonds is 3. The number of para-hydroxylation sites is 1. The zero-order valence-corrected chi connectivity index (χ0v) is 10.2. The van der Waals surface area contributed by atoms with E-state index in [1.807, 2.05) is 43.3 Å². The number of nitrogens with zero attached hydrogens (tertiary/aromatic N) is 1. The molecule has 4 heteroatoms. The van der Waals surface area contributed by atoms with Crippen LogP contribution in [0.15, 0.2) is 42.5 Å². The predicted octanol–water partition coefficient (Wildman–Crippen LogP) is 2.10. The number of hydrogen-bond acceptors (Lipinski definition) is 3. The van der Waals surface area contributed by atoms with Gasteiger partial charge in [-0.05, 0) is 30.7 Å². The lowest BCUT2D eigenvalue weighted by molar-refractivity contribution is 0.102. The Morgan fingerprint density at radius 1 is 1.22 bits per heavy atom. The van der Waals surface area contributed by atoms with Crippen LogP contribution in [0.1, 0.15) is 21.7 Å². The van der Waals surface area contributed by atoms with Crippen LogP contribution < -0.4 is 11.1 Å². The first-order chi connectivity index (χ1) is 8.70. The summed E-state index contributed by atoms with van der Waals surface area (Å²) in [5.41, 5.74) is 8.47.